The fraction of sp³-hybridized carbons (Fsp3) is 0.656. The predicted octanol–water partition coefficient (Wildman–Crippen LogP) is 0.905. The van der Waals surface area contributed by atoms with Gasteiger partial charge in [0.2, 0.25) is 17.6 Å². The average molecular weight is 614 g/mol. The standard InChI is InChI=1S/C32H47N5O7/c1-3-18(2)15-24(27(38)28(33)39)35-29(40)26-23(31(42)43)13-14-37(26)30(41)25(21-16-19-9-7-8-10-20(19)17-21)36-32(44)34-22-11-5-4-6-12-22/h7-10,18,21-26,31,42-43H,3-6,11-17H2,1-2H3,(H2,33,39)(H,35,40)(H2,34,36,44)/t18?,23-,24?,25?,26?/m0/s1. The third-order valence-electron chi connectivity index (χ3n) is 9.64. The van der Waals surface area contributed by atoms with Gasteiger partial charge in [-0.05, 0) is 61.5 Å². The molecule has 1 saturated carbocycles. The summed E-state index contributed by atoms with van der Waals surface area (Å²) in [6.45, 7) is 3.82. The van der Waals surface area contributed by atoms with Crippen LogP contribution < -0.4 is 21.7 Å². The molecule has 1 saturated heterocycles. The summed E-state index contributed by atoms with van der Waals surface area (Å²) >= 11 is 0. The number of nitrogens with two attached hydrogens (primary N) is 1. The van der Waals surface area contributed by atoms with Crippen molar-refractivity contribution in [3.05, 3.63) is 35.4 Å². The topological polar surface area (TPSA) is 191 Å². The van der Waals surface area contributed by atoms with Crippen molar-refractivity contribution in [2.75, 3.05) is 6.54 Å². The second-order valence-corrected chi connectivity index (χ2v) is 12.7. The number of benzene rings is 1. The van der Waals surface area contributed by atoms with Gasteiger partial charge in [0.05, 0.1) is 6.04 Å². The number of aliphatic hydroxyl groups excluding tert-OH is 1. The number of carbonyl (C=O) groups is 5. The number of nitrogens with zero attached hydrogens (tertiary/aromatic N) is 1. The number of carbonyl (C=O) groups excluding carboxylic acids is 5. The highest BCUT2D eigenvalue weighted by Gasteiger charge is 2.49. The molecular weight excluding hydrogens is 566 g/mol. The number of fused-ring (bicyclic) bond motifs is 1. The molecule has 7 N–H and O–H groups in total. The minimum Gasteiger partial charge on any atom is -0.368 e. The number of nitrogens with one attached hydrogen (secondary N) is 3. The molecule has 1 aromatic rings. The Morgan fingerprint density at radius 2 is 1.61 bits per heavy atom. The second kappa shape index (κ2) is 15.0. The number of hydrogen-bond acceptors (Lipinski definition) is 7. The first kappa shape index (κ1) is 33.4. The van der Waals surface area contributed by atoms with Gasteiger partial charge in [-0.2, -0.15) is 0 Å². The lowest BCUT2D eigenvalue weighted by atomic mass is 9.93. The van der Waals surface area contributed by atoms with Crippen LogP contribution >= 0.6 is 0 Å². The third-order valence-corrected chi connectivity index (χ3v) is 9.64. The minimum atomic E-state index is -1.92. The van der Waals surface area contributed by atoms with Crippen LogP contribution in [0.3, 0.4) is 0 Å². The Morgan fingerprint density at radius 1 is 0.977 bits per heavy atom. The molecule has 2 aliphatic carbocycles. The Hall–Kier alpha value is -3.51. The molecule has 0 aromatic heterocycles. The first-order valence-electron chi connectivity index (χ1n) is 15.9. The van der Waals surface area contributed by atoms with Gasteiger partial charge in [-0.25, -0.2) is 4.79 Å². The fourth-order valence-electron chi connectivity index (χ4n) is 6.94. The molecular formula is C32H47N5O7. The van der Waals surface area contributed by atoms with Crippen LogP contribution in [-0.2, 0) is 32.0 Å². The Kier molecular flexibility index (Phi) is 11.4. The lowest BCUT2D eigenvalue weighted by Crippen LogP contribution is -2.60. The lowest BCUT2D eigenvalue weighted by molar-refractivity contribution is -0.148. The van der Waals surface area contributed by atoms with Crippen molar-refractivity contribution >= 4 is 29.5 Å². The van der Waals surface area contributed by atoms with Gasteiger partial charge >= 0.3 is 6.03 Å². The van der Waals surface area contributed by atoms with E-state index in [1.54, 1.807) is 0 Å². The molecule has 0 spiro atoms. The summed E-state index contributed by atoms with van der Waals surface area (Å²) in [6.07, 6.45) is 5.06. The number of likely N-dealkylation sites (tertiary alicyclic amines) is 1. The van der Waals surface area contributed by atoms with E-state index in [1.807, 2.05) is 38.1 Å². The molecule has 44 heavy (non-hydrogen) atoms. The van der Waals surface area contributed by atoms with Crippen molar-refractivity contribution in [1.29, 1.82) is 0 Å². The van der Waals surface area contributed by atoms with Gasteiger partial charge in [0, 0.05) is 18.5 Å². The number of primary amides is 1. The smallest absolute Gasteiger partial charge is 0.315 e. The second-order valence-electron chi connectivity index (χ2n) is 12.7. The number of amides is 5. The van der Waals surface area contributed by atoms with Crippen LogP contribution in [0.5, 0.6) is 0 Å². The molecule has 12 heteroatoms. The summed E-state index contributed by atoms with van der Waals surface area (Å²) in [6, 6.07) is 3.87. The van der Waals surface area contributed by atoms with E-state index in [9.17, 15) is 34.2 Å². The number of rotatable bonds is 12. The zero-order valence-corrected chi connectivity index (χ0v) is 25.7. The molecule has 1 aromatic carbocycles. The zero-order valence-electron chi connectivity index (χ0n) is 25.7. The maximum atomic E-state index is 14.3. The molecule has 3 aliphatic rings. The summed E-state index contributed by atoms with van der Waals surface area (Å²) in [5, 5.41) is 28.9. The number of hydrogen-bond donors (Lipinski definition) is 6. The Labute approximate surface area is 258 Å². The van der Waals surface area contributed by atoms with E-state index in [4.69, 9.17) is 5.73 Å². The largest absolute Gasteiger partial charge is 0.368 e. The number of Topliss-reactive ketones (excluding diaryl/α,β-unsaturated/α-hetero) is 1. The molecule has 12 nitrogen and oxygen atoms in total. The van der Waals surface area contributed by atoms with Gasteiger partial charge in [-0.15, -0.1) is 0 Å². The monoisotopic (exact) mass is 613 g/mol. The Balaban J connectivity index is 1.59. The van der Waals surface area contributed by atoms with Gasteiger partial charge in [-0.1, -0.05) is 63.8 Å². The van der Waals surface area contributed by atoms with Gasteiger partial charge in [0.15, 0.2) is 6.29 Å². The molecule has 1 heterocycles. The summed E-state index contributed by atoms with van der Waals surface area (Å²) in [4.78, 5) is 67.0. The highest BCUT2D eigenvalue weighted by molar-refractivity contribution is 6.37. The minimum absolute atomic E-state index is 0.0183. The van der Waals surface area contributed by atoms with Crippen molar-refractivity contribution in [1.82, 2.24) is 20.9 Å². The van der Waals surface area contributed by atoms with E-state index in [0.717, 1.165) is 43.2 Å². The maximum absolute atomic E-state index is 14.3. The van der Waals surface area contributed by atoms with Crippen LogP contribution in [0.25, 0.3) is 0 Å². The van der Waals surface area contributed by atoms with Crippen LogP contribution in [0.4, 0.5) is 4.79 Å². The van der Waals surface area contributed by atoms with Crippen LogP contribution in [0.15, 0.2) is 24.3 Å². The third kappa shape index (κ3) is 7.95. The zero-order chi connectivity index (χ0) is 32.0. The molecule has 4 rings (SSSR count). The normalized spacial score (nSPS) is 22.6. The molecule has 4 unspecified atom stereocenters. The molecule has 2 fully saturated rings. The Bertz CT molecular complexity index is 1190. The molecule has 242 valence electrons. The summed E-state index contributed by atoms with van der Waals surface area (Å²) < 4.78 is 0. The predicted molar refractivity (Wildman–Crippen MR) is 162 cm³/mol. The number of ketones is 1. The SMILES string of the molecule is CCC(C)CC(NC(=O)C1[C@@H](C(O)O)CCN1C(=O)C(NC(=O)NC1CCCCC1)C1Cc2ccccc2C1)C(=O)C(N)=O. The molecule has 5 amide bonds. The fourth-order valence-corrected chi connectivity index (χ4v) is 6.94. The van der Waals surface area contributed by atoms with Gasteiger partial charge in [0.25, 0.3) is 5.91 Å². The van der Waals surface area contributed by atoms with E-state index in [1.165, 1.54) is 4.90 Å². The average Bonchev–Trinajstić information content (AvgIpc) is 3.64. The molecule has 0 radical (unpaired) electrons. The van der Waals surface area contributed by atoms with Crippen molar-refractivity contribution < 1.29 is 34.2 Å². The Morgan fingerprint density at radius 3 is 2.18 bits per heavy atom. The van der Waals surface area contributed by atoms with Crippen LogP contribution in [0.2, 0.25) is 0 Å². The van der Waals surface area contributed by atoms with Crippen LogP contribution in [0, 0.1) is 17.8 Å². The van der Waals surface area contributed by atoms with Gasteiger partial charge < -0.3 is 36.8 Å². The highest BCUT2D eigenvalue weighted by atomic mass is 16.5. The number of urea groups is 1. The van der Waals surface area contributed by atoms with E-state index < -0.39 is 59.9 Å². The molecule has 5 atom stereocenters. The first-order valence-corrected chi connectivity index (χ1v) is 15.9. The lowest BCUT2D eigenvalue weighted by Gasteiger charge is -2.34. The molecule has 1 aliphatic heterocycles. The van der Waals surface area contributed by atoms with Crippen molar-refractivity contribution in [2.24, 2.45) is 23.5 Å². The molecule has 0 bridgehead atoms. The quantitative estimate of drug-likeness (QED) is 0.149. The van der Waals surface area contributed by atoms with Crippen molar-refractivity contribution in [3.63, 3.8) is 0 Å². The maximum Gasteiger partial charge on any atom is 0.315 e. The summed E-state index contributed by atoms with van der Waals surface area (Å²) in [7, 11) is 0. The first-order chi connectivity index (χ1) is 21.0. The van der Waals surface area contributed by atoms with Gasteiger partial charge in [-0.3, -0.25) is 19.2 Å². The van der Waals surface area contributed by atoms with Crippen molar-refractivity contribution in [3.8, 4) is 0 Å². The van der Waals surface area contributed by atoms with E-state index >= 15 is 0 Å². The van der Waals surface area contributed by atoms with Crippen LogP contribution in [0.1, 0.15) is 76.3 Å². The summed E-state index contributed by atoms with van der Waals surface area (Å²) in [5.74, 6) is -4.78. The number of aliphatic hydroxyl groups is 2. The van der Waals surface area contributed by atoms with Crippen LogP contribution in [-0.4, -0.2) is 81.7 Å². The highest BCUT2D eigenvalue weighted by Crippen LogP contribution is 2.33. The van der Waals surface area contributed by atoms with E-state index in [0.29, 0.717) is 19.3 Å². The summed E-state index contributed by atoms with van der Waals surface area (Å²) in [5.41, 5.74) is 7.43. The van der Waals surface area contributed by atoms with E-state index in [2.05, 4.69) is 16.0 Å². The van der Waals surface area contributed by atoms with E-state index in [-0.39, 0.29) is 37.3 Å². The van der Waals surface area contributed by atoms with Gasteiger partial charge in [0.1, 0.15) is 12.1 Å². The van der Waals surface area contributed by atoms with Crippen molar-refractivity contribution in [2.45, 2.75) is 109 Å².